The number of hydrogen-bond donors (Lipinski definition) is 1. The van der Waals surface area contributed by atoms with Crippen molar-refractivity contribution >= 4 is 17.5 Å². The molecule has 0 spiro atoms. The molecule has 5 heteroatoms. The number of nitrogens with one attached hydrogen (secondary N) is 1. The van der Waals surface area contributed by atoms with Gasteiger partial charge >= 0.3 is 0 Å². The largest absolute Gasteiger partial charge is 0.349 e. The van der Waals surface area contributed by atoms with E-state index in [2.05, 4.69) is 5.32 Å². The Bertz CT molecular complexity index is 581. The first-order chi connectivity index (χ1) is 11.1. The summed E-state index contributed by atoms with van der Waals surface area (Å²) in [5.41, 5.74) is -0.0734. The number of carbonyl (C=O) groups excluding carboxylic acids is 1. The van der Waals surface area contributed by atoms with Crippen molar-refractivity contribution in [2.24, 2.45) is 11.8 Å². The van der Waals surface area contributed by atoms with E-state index in [1.54, 1.807) is 0 Å². The van der Waals surface area contributed by atoms with Crippen LogP contribution in [-0.2, 0) is 4.79 Å². The molecule has 0 bridgehead atoms. The lowest BCUT2D eigenvalue weighted by Crippen LogP contribution is -2.37. The number of rotatable bonds is 4. The van der Waals surface area contributed by atoms with Gasteiger partial charge in [0.2, 0.25) is 5.91 Å². The van der Waals surface area contributed by atoms with E-state index in [0.29, 0.717) is 0 Å². The van der Waals surface area contributed by atoms with E-state index in [9.17, 15) is 13.6 Å². The fourth-order valence-corrected chi connectivity index (χ4v) is 4.17. The van der Waals surface area contributed by atoms with Crippen LogP contribution in [0.15, 0.2) is 12.1 Å². The maximum atomic E-state index is 14.5. The normalized spacial score (nSPS) is 20.8. The molecule has 2 nitrogen and oxygen atoms in total. The molecule has 0 aromatic heterocycles. The van der Waals surface area contributed by atoms with Gasteiger partial charge in [0.25, 0.3) is 0 Å². The van der Waals surface area contributed by atoms with Crippen LogP contribution in [-0.4, -0.2) is 5.91 Å². The third-order valence-corrected chi connectivity index (χ3v) is 5.58. The van der Waals surface area contributed by atoms with Crippen molar-refractivity contribution in [2.45, 2.75) is 57.4 Å². The molecule has 0 aliphatic heterocycles. The van der Waals surface area contributed by atoms with Crippen LogP contribution in [0, 0.1) is 23.5 Å². The second kappa shape index (κ2) is 7.16. The van der Waals surface area contributed by atoms with Gasteiger partial charge in [-0.05, 0) is 43.7 Å². The van der Waals surface area contributed by atoms with Crippen molar-refractivity contribution in [3.05, 3.63) is 34.4 Å². The summed E-state index contributed by atoms with van der Waals surface area (Å²) in [5, 5.41) is 2.85. The number of halogens is 3. The second-order valence-electron chi connectivity index (χ2n) is 6.77. The summed E-state index contributed by atoms with van der Waals surface area (Å²) >= 11 is 5.85. The van der Waals surface area contributed by atoms with Crippen molar-refractivity contribution in [1.82, 2.24) is 5.32 Å². The van der Waals surface area contributed by atoms with E-state index >= 15 is 0 Å². The SMILES string of the molecule is O=C(NC(c1c(F)ccc(Cl)c1F)C1CCCC1)C1CCCC1. The summed E-state index contributed by atoms with van der Waals surface area (Å²) in [7, 11) is 0. The summed E-state index contributed by atoms with van der Waals surface area (Å²) in [5.74, 6) is -1.39. The Balaban J connectivity index is 1.89. The zero-order chi connectivity index (χ0) is 16.4. The first kappa shape index (κ1) is 16.7. The van der Waals surface area contributed by atoms with E-state index in [-0.39, 0.29) is 28.3 Å². The highest BCUT2D eigenvalue weighted by atomic mass is 35.5. The van der Waals surface area contributed by atoms with Crippen LogP contribution >= 0.6 is 11.6 Å². The zero-order valence-electron chi connectivity index (χ0n) is 13.1. The van der Waals surface area contributed by atoms with E-state index < -0.39 is 17.7 Å². The molecular formula is C18H22ClF2NO. The van der Waals surface area contributed by atoms with Gasteiger partial charge < -0.3 is 5.32 Å². The Morgan fingerprint density at radius 2 is 1.70 bits per heavy atom. The molecule has 0 radical (unpaired) electrons. The molecule has 2 fully saturated rings. The Morgan fingerprint density at radius 3 is 2.35 bits per heavy atom. The van der Waals surface area contributed by atoms with Gasteiger partial charge in [0.1, 0.15) is 11.6 Å². The topological polar surface area (TPSA) is 29.1 Å². The molecule has 2 aliphatic rings. The third kappa shape index (κ3) is 3.52. The van der Waals surface area contributed by atoms with Gasteiger partial charge in [-0.15, -0.1) is 0 Å². The summed E-state index contributed by atoms with van der Waals surface area (Å²) in [6.07, 6.45) is 7.64. The number of carbonyl (C=O) groups is 1. The maximum absolute atomic E-state index is 14.5. The molecule has 0 saturated heterocycles. The average Bonchev–Trinajstić information content (AvgIpc) is 3.22. The highest BCUT2D eigenvalue weighted by molar-refractivity contribution is 6.30. The van der Waals surface area contributed by atoms with E-state index in [4.69, 9.17) is 11.6 Å². The molecular weight excluding hydrogens is 320 g/mol. The Labute approximate surface area is 140 Å². The summed E-state index contributed by atoms with van der Waals surface area (Å²) in [4.78, 5) is 12.5. The molecule has 1 amide bonds. The lowest BCUT2D eigenvalue weighted by molar-refractivity contribution is -0.126. The van der Waals surface area contributed by atoms with Gasteiger partial charge in [-0.25, -0.2) is 8.78 Å². The van der Waals surface area contributed by atoms with Crippen molar-refractivity contribution in [1.29, 1.82) is 0 Å². The number of hydrogen-bond acceptors (Lipinski definition) is 1. The van der Waals surface area contributed by atoms with Crippen molar-refractivity contribution in [3.63, 3.8) is 0 Å². The molecule has 1 N–H and O–H groups in total. The van der Waals surface area contributed by atoms with Crippen LogP contribution < -0.4 is 5.32 Å². The van der Waals surface area contributed by atoms with Crippen LogP contribution in [0.25, 0.3) is 0 Å². The van der Waals surface area contributed by atoms with Crippen LogP contribution in [0.1, 0.15) is 63.0 Å². The van der Waals surface area contributed by atoms with Gasteiger partial charge in [0.05, 0.1) is 11.1 Å². The van der Waals surface area contributed by atoms with E-state index in [0.717, 1.165) is 51.4 Å². The van der Waals surface area contributed by atoms with Gasteiger partial charge in [0, 0.05) is 11.5 Å². The van der Waals surface area contributed by atoms with Crippen LogP contribution in [0.4, 0.5) is 8.78 Å². The molecule has 126 valence electrons. The standard InChI is InChI=1S/C18H22ClF2NO/c19-13-9-10-14(20)15(16(13)21)17(11-5-1-2-6-11)22-18(23)12-7-3-4-8-12/h9-12,17H,1-8H2,(H,22,23). The molecule has 1 unspecified atom stereocenters. The molecule has 23 heavy (non-hydrogen) atoms. The van der Waals surface area contributed by atoms with Crippen LogP contribution in [0.5, 0.6) is 0 Å². The van der Waals surface area contributed by atoms with E-state index in [1.165, 1.54) is 12.1 Å². The average molecular weight is 342 g/mol. The van der Waals surface area contributed by atoms with Crippen molar-refractivity contribution < 1.29 is 13.6 Å². The minimum atomic E-state index is -0.740. The highest BCUT2D eigenvalue weighted by Gasteiger charge is 2.34. The first-order valence-electron chi connectivity index (χ1n) is 8.51. The smallest absolute Gasteiger partial charge is 0.223 e. The van der Waals surface area contributed by atoms with Crippen LogP contribution in [0.2, 0.25) is 5.02 Å². The summed E-state index contributed by atoms with van der Waals surface area (Å²) in [6, 6.07) is 1.79. The van der Waals surface area contributed by atoms with E-state index in [1.807, 2.05) is 0 Å². The van der Waals surface area contributed by atoms with Crippen molar-refractivity contribution in [2.75, 3.05) is 0 Å². The van der Waals surface area contributed by atoms with Crippen molar-refractivity contribution in [3.8, 4) is 0 Å². The second-order valence-corrected chi connectivity index (χ2v) is 7.18. The summed E-state index contributed by atoms with van der Waals surface area (Å²) < 4.78 is 28.8. The Morgan fingerprint density at radius 1 is 1.09 bits per heavy atom. The molecule has 2 saturated carbocycles. The van der Waals surface area contributed by atoms with Gasteiger partial charge in [-0.2, -0.15) is 0 Å². The highest BCUT2D eigenvalue weighted by Crippen LogP contribution is 2.39. The third-order valence-electron chi connectivity index (χ3n) is 5.29. The minimum absolute atomic E-state index is 0.0239. The molecule has 1 aromatic carbocycles. The predicted octanol–water partition coefficient (Wildman–Crippen LogP) is 5.16. The Hall–Kier alpha value is -1.16. The summed E-state index contributed by atoms with van der Waals surface area (Å²) in [6.45, 7) is 0. The van der Waals surface area contributed by atoms with Gasteiger partial charge in [-0.3, -0.25) is 4.79 Å². The fraction of sp³-hybridized carbons (Fsp3) is 0.611. The van der Waals surface area contributed by atoms with Gasteiger partial charge in [-0.1, -0.05) is 37.3 Å². The monoisotopic (exact) mass is 341 g/mol. The molecule has 1 aromatic rings. The zero-order valence-corrected chi connectivity index (χ0v) is 13.8. The number of amides is 1. The molecule has 3 rings (SSSR count). The molecule has 0 heterocycles. The van der Waals surface area contributed by atoms with Gasteiger partial charge in [0.15, 0.2) is 0 Å². The lowest BCUT2D eigenvalue weighted by atomic mass is 9.90. The fourth-order valence-electron chi connectivity index (χ4n) is 4.00. The van der Waals surface area contributed by atoms with Crippen LogP contribution in [0.3, 0.4) is 0 Å². The lowest BCUT2D eigenvalue weighted by Gasteiger charge is -2.27. The Kier molecular flexibility index (Phi) is 5.20. The number of benzene rings is 1. The first-order valence-corrected chi connectivity index (χ1v) is 8.89. The minimum Gasteiger partial charge on any atom is -0.349 e. The molecule has 1 atom stereocenters. The molecule has 2 aliphatic carbocycles. The predicted molar refractivity (Wildman–Crippen MR) is 86.2 cm³/mol. The quantitative estimate of drug-likeness (QED) is 0.753. The maximum Gasteiger partial charge on any atom is 0.223 e.